The molecule has 0 unspecified atom stereocenters. The van der Waals surface area contributed by atoms with Crippen molar-refractivity contribution in [2.75, 3.05) is 18.6 Å². The van der Waals surface area contributed by atoms with Crippen molar-refractivity contribution in [1.82, 2.24) is 9.97 Å². The largest absolute Gasteiger partial charge is 0.478 e. The summed E-state index contributed by atoms with van der Waals surface area (Å²) in [5.74, 6) is -1.61. The molecule has 0 aliphatic rings. The van der Waals surface area contributed by atoms with E-state index in [1.807, 2.05) is 0 Å². The quantitative estimate of drug-likeness (QED) is 0.528. The Balaban J connectivity index is 0.000000251. The molecule has 0 saturated heterocycles. The third-order valence-electron chi connectivity index (χ3n) is 3.07. The summed E-state index contributed by atoms with van der Waals surface area (Å²) in [5.41, 5.74) is 12.7. The maximum atomic E-state index is 11.2. The molecule has 0 amide bonds. The lowest BCUT2D eigenvalue weighted by atomic mass is 10.2. The number of methoxy groups -OCH3 is 1. The molecule has 0 aliphatic heterocycles. The molecule has 0 spiro atoms. The van der Waals surface area contributed by atoms with Gasteiger partial charge in [-0.25, -0.2) is 19.6 Å². The Hall–Kier alpha value is -2.58. The fourth-order valence-corrected chi connectivity index (χ4v) is 2.22. The summed E-state index contributed by atoms with van der Waals surface area (Å²) in [5, 5.41) is 9.01. The Morgan fingerprint density at radius 3 is 1.80 bits per heavy atom. The highest BCUT2D eigenvalue weighted by atomic mass is 35.5. The van der Waals surface area contributed by atoms with Gasteiger partial charge in [0.05, 0.1) is 41.0 Å². The summed E-state index contributed by atoms with van der Waals surface area (Å²) < 4.78 is 4.52. The number of pyridine rings is 2. The van der Waals surface area contributed by atoms with Gasteiger partial charge in [0.15, 0.2) is 0 Å². The van der Waals surface area contributed by atoms with Crippen LogP contribution in [0.5, 0.6) is 0 Å². The first kappa shape index (κ1) is 20.5. The number of aromatic carboxylic acids is 1. The molecule has 2 aromatic heterocycles. The highest BCUT2D eigenvalue weighted by Crippen LogP contribution is 2.20. The Morgan fingerprint density at radius 1 is 1.00 bits per heavy atom. The molecule has 2 heterocycles. The van der Waals surface area contributed by atoms with Gasteiger partial charge in [0.1, 0.15) is 10.3 Å². The number of aromatic nitrogens is 2. The monoisotopic (exact) mass is 386 g/mol. The molecular weight excluding hydrogens is 371 g/mol. The average molecular weight is 387 g/mol. The Morgan fingerprint density at radius 2 is 1.40 bits per heavy atom. The van der Waals surface area contributed by atoms with E-state index in [9.17, 15) is 9.59 Å². The zero-order chi connectivity index (χ0) is 19.3. The molecule has 8 nitrogen and oxygen atoms in total. The van der Waals surface area contributed by atoms with Crippen LogP contribution >= 0.6 is 23.2 Å². The summed E-state index contributed by atoms with van der Waals surface area (Å²) in [6.07, 6.45) is 0. The van der Waals surface area contributed by atoms with E-state index in [1.165, 1.54) is 19.2 Å². The molecule has 2 rings (SSSR count). The van der Waals surface area contributed by atoms with Crippen LogP contribution in [0, 0.1) is 13.8 Å². The number of rotatable bonds is 2. The van der Waals surface area contributed by atoms with Crippen LogP contribution in [-0.2, 0) is 4.74 Å². The number of anilines is 2. The molecule has 0 aliphatic carbocycles. The molecule has 10 heteroatoms. The summed E-state index contributed by atoms with van der Waals surface area (Å²) in [7, 11) is 1.28. The molecule has 25 heavy (non-hydrogen) atoms. The van der Waals surface area contributed by atoms with Crippen molar-refractivity contribution in [1.29, 1.82) is 0 Å². The van der Waals surface area contributed by atoms with Gasteiger partial charge >= 0.3 is 11.9 Å². The number of nitrogens with zero attached hydrogens (tertiary/aromatic N) is 2. The number of carboxylic acid groups (broad SMARTS) is 1. The molecule has 0 radical (unpaired) electrons. The number of aryl methyl sites for hydroxylation is 2. The van der Waals surface area contributed by atoms with Crippen molar-refractivity contribution in [3.05, 3.63) is 45.0 Å². The first-order valence-electron chi connectivity index (χ1n) is 6.75. The van der Waals surface area contributed by atoms with E-state index in [0.717, 1.165) is 0 Å². The number of halogens is 2. The van der Waals surface area contributed by atoms with Crippen LogP contribution in [0.4, 0.5) is 11.4 Å². The first-order chi connectivity index (χ1) is 11.6. The van der Waals surface area contributed by atoms with Crippen molar-refractivity contribution in [3.63, 3.8) is 0 Å². The Bertz CT molecular complexity index is 828. The molecular formula is C15H16Cl2N4O4. The predicted octanol–water partition coefficient (Wildman–Crippen LogP) is 2.74. The van der Waals surface area contributed by atoms with Gasteiger partial charge in [0.25, 0.3) is 0 Å². The van der Waals surface area contributed by atoms with Gasteiger partial charge < -0.3 is 21.3 Å². The molecule has 2 aromatic rings. The maximum Gasteiger partial charge on any atom is 0.340 e. The zero-order valence-corrected chi connectivity index (χ0v) is 15.1. The van der Waals surface area contributed by atoms with Crippen molar-refractivity contribution in [3.8, 4) is 0 Å². The Kier molecular flexibility index (Phi) is 6.96. The van der Waals surface area contributed by atoms with Crippen LogP contribution in [-0.4, -0.2) is 34.1 Å². The molecule has 0 saturated carbocycles. The number of carboxylic acids is 1. The van der Waals surface area contributed by atoms with Crippen LogP contribution in [0.25, 0.3) is 0 Å². The standard InChI is InChI=1S/C8H9ClN2O2.C7H7ClN2O2/c1-4-7(10)5(8(12)13-2)3-6(9)11-4;1-3-6(9)4(7(11)12)2-5(8)10-3/h3H,10H2,1-2H3;2H,9H2,1H3,(H,11,12). The second-order valence-electron chi connectivity index (χ2n) is 4.78. The van der Waals surface area contributed by atoms with Crippen LogP contribution in [0.3, 0.4) is 0 Å². The van der Waals surface area contributed by atoms with E-state index in [0.29, 0.717) is 17.1 Å². The van der Waals surface area contributed by atoms with Crippen LogP contribution in [0.2, 0.25) is 10.3 Å². The second kappa shape index (κ2) is 8.50. The number of carbonyl (C=O) groups is 2. The number of hydrogen-bond acceptors (Lipinski definition) is 7. The van der Waals surface area contributed by atoms with Gasteiger partial charge in [-0.15, -0.1) is 0 Å². The van der Waals surface area contributed by atoms with Crippen LogP contribution in [0.15, 0.2) is 12.1 Å². The number of nitrogen functional groups attached to an aromatic ring is 2. The minimum absolute atomic E-state index is 0.00694. The molecule has 0 fully saturated rings. The fourth-order valence-electron chi connectivity index (χ4n) is 1.74. The van der Waals surface area contributed by atoms with Gasteiger partial charge in [-0.3, -0.25) is 0 Å². The van der Waals surface area contributed by atoms with Gasteiger partial charge in [0.2, 0.25) is 0 Å². The average Bonchev–Trinajstić information content (AvgIpc) is 2.53. The minimum atomic E-state index is -1.10. The second-order valence-corrected chi connectivity index (χ2v) is 5.55. The molecule has 0 aromatic carbocycles. The number of hydrogen-bond donors (Lipinski definition) is 3. The van der Waals surface area contributed by atoms with E-state index in [2.05, 4.69) is 14.7 Å². The minimum Gasteiger partial charge on any atom is -0.478 e. The van der Waals surface area contributed by atoms with Gasteiger partial charge in [-0.2, -0.15) is 0 Å². The highest BCUT2D eigenvalue weighted by Gasteiger charge is 2.13. The molecule has 0 bridgehead atoms. The van der Waals surface area contributed by atoms with E-state index in [-0.39, 0.29) is 27.1 Å². The summed E-state index contributed by atoms with van der Waals surface area (Å²) in [6, 6.07) is 2.61. The summed E-state index contributed by atoms with van der Waals surface area (Å²) in [6.45, 7) is 3.28. The van der Waals surface area contributed by atoms with Gasteiger partial charge in [-0.1, -0.05) is 23.2 Å². The Labute approximate surface area is 153 Å². The highest BCUT2D eigenvalue weighted by molar-refractivity contribution is 6.30. The zero-order valence-electron chi connectivity index (χ0n) is 13.6. The normalized spacial score (nSPS) is 9.80. The topological polar surface area (TPSA) is 141 Å². The maximum absolute atomic E-state index is 11.2. The van der Waals surface area contributed by atoms with Gasteiger partial charge in [0, 0.05) is 0 Å². The number of esters is 1. The van der Waals surface area contributed by atoms with Gasteiger partial charge in [-0.05, 0) is 26.0 Å². The molecule has 134 valence electrons. The van der Waals surface area contributed by atoms with Crippen LogP contribution in [0.1, 0.15) is 32.1 Å². The predicted molar refractivity (Wildman–Crippen MR) is 95.1 cm³/mol. The summed E-state index contributed by atoms with van der Waals surface area (Å²) in [4.78, 5) is 29.4. The smallest absolute Gasteiger partial charge is 0.340 e. The number of carbonyl (C=O) groups excluding carboxylic acids is 1. The lowest BCUT2D eigenvalue weighted by Crippen LogP contribution is -2.08. The lowest BCUT2D eigenvalue weighted by molar-refractivity contribution is 0.0600. The third kappa shape index (κ3) is 5.20. The number of nitrogens with two attached hydrogens (primary N) is 2. The van der Waals surface area contributed by atoms with Crippen molar-refractivity contribution < 1.29 is 19.4 Å². The fraction of sp³-hybridized carbons (Fsp3) is 0.200. The van der Waals surface area contributed by atoms with E-state index in [1.54, 1.807) is 13.8 Å². The first-order valence-corrected chi connectivity index (χ1v) is 7.50. The van der Waals surface area contributed by atoms with E-state index < -0.39 is 11.9 Å². The van der Waals surface area contributed by atoms with Crippen molar-refractivity contribution in [2.45, 2.75) is 13.8 Å². The van der Waals surface area contributed by atoms with Crippen molar-refractivity contribution in [2.24, 2.45) is 0 Å². The number of ether oxygens (including phenoxy) is 1. The molecule has 5 N–H and O–H groups in total. The molecule has 0 atom stereocenters. The van der Waals surface area contributed by atoms with Crippen molar-refractivity contribution >= 4 is 46.5 Å². The SMILES string of the molecule is COC(=O)c1cc(Cl)nc(C)c1N.Cc1nc(Cl)cc(C(=O)O)c1N. The summed E-state index contributed by atoms with van der Waals surface area (Å²) >= 11 is 11.2. The van der Waals surface area contributed by atoms with E-state index in [4.69, 9.17) is 39.8 Å². The van der Waals surface area contributed by atoms with E-state index >= 15 is 0 Å². The van der Waals surface area contributed by atoms with Crippen LogP contribution < -0.4 is 11.5 Å². The lowest BCUT2D eigenvalue weighted by Gasteiger charge is -2.05. The third-order valence-corrected chi connectivity index (χ3v) is 3.46.